The lowest BCUT2D eigenvalue weighted by Gasteiger charge is -2.41. The van der Waals surface area contributed by atoms with Crippen LogP contribution in [0.15, 0.2) is 29.8 Å². The second kappa shape index (κ2) is 7.27. The molecule has 128 valence electrons. The average Bonchev–Trinajstić information content (AvgIpc) is 3.11. The zero-order valence-electron chi connectivity index (χ0n) is 13.7. The van der Waals surface area contributed by atoms with Crippen LogP contribution in [-0.2, 0) is 0 Å². The van der Waals surface area contributed by atoms with E-state index in [0.29, 0.717) is 18.9 Å². The first-order valence-corrected chi connectivity index (χ1v) is 9.07. The van der Waals surface area contributed by atoms with E-state index in [9.17, 15) is 9.90 Å². The summed E-state index contributed by atoms with van der Waals surface area (Å²) in [6, 6.07) is 5.51. The van der Waals surface area contributed by atoms with Crippen molar-refractivity contribution in [3.63, 3.8) is 0 Å². The number of likely N-dealkylation sites (tertiary alicyclic amines) is 1. The highest BCUT2D eigenvalue weighted by Crippen LogP contribution is 2.33. The van der Waals surface area contributed by atoms with Gasteiger partial charge >= 0.3 is 6.03 Å². The molecule has 2 aromatic heterocycles. The largest absolute Gasteiger partial charge is 0.396 e. The number of carbonyl (C=O) groups is 1. The van der Waals surface area contributed by atoms with Crippen molar-refractivity contribution < 1.29 is 9.90 Å². The zero-order valence-corrected chi connectivity index (χ0v) is 14.6. The number of aliphatic hydroxyl groups excluding tert-OH is 1. The number of piperidine rings is 1. The molecule has 2 aromatic rings. The molecule has 0 aliphatic carbocycles. The topological polar surface area (TPSA) is 78.4 Å². The van der Waals surface area contributed by atoms with Gasteiger partial charge in [0, 0.05) is 30.1 Å². The summed E-state index contributed by atoms with van der Waals surface area (Å²) in [5.41, 5.74) is 0.628. The van der Waals surface area contributed by atoms with E-state index in [-0.39, 0.29) is 18.1 Å². The Balaban J connectivity index is 1.66. The zero-order chi connectivity index (χ0) is 17.0. The maximum atomic E-state index is 12.5. The quantitative estimate of drug-likeness (QED) is 0.891. The number of thiazole rings is 1. The summed E-state index contributed by atoms with van der Waals surface area (Å²) < 4.78 is 0. The van der Waals surface area contributed by atoms with Gasteiger partial charge in [0.2, 0.25) is 0 Å². The fraction of sp³-hybridized carbons (Fsp3) is 0.471. The van der Waals surface area contributed by atoms with Gasteiger partial charge in [0.15, 0.2) is 0 Å². The fourth-order valence-corrected chi connectivity index (χ4v) is 3.76. The third-order valence-corrected chi connectivity index (χ3v) is 5.52. The summed E-state index contributed by atoms with van der Waals surface area (Å²) in [6.45, 7) is 3.49. The van der Waals surface area contributed by atoms with Crippen molar-refractivity contribution in [3.8, 4) is 10.7 Å². The van der Waals surface area contributed by atoms with Crippen molar-refractivity contribution in [1.29, 1.82) is 0 Å². The van der Waals surface area contributed by atoms with E-state index >= 15 is 0 Å². The van der Waals surface area contributed by atoms with E-state index in [4.69, 9.17) is 0 Å². The van der Waals surface area contributed by atoms with E-state index in [1.807, 2.05) is 23.6 Å². The number of carbonyl (C=O) groups excluding carboxylic acids is 1. The fourth-order valence-electron chi connectivity index (χ4n) is 3.04. The highest BCUT2D eigenvalue weighted by Gasteiger charge is 2.35. The number of nitrogens with zero attached hydrogens (tertiary/aromatic N) is 3. The number of amides is 2. The molecule has 0 bridgehead atoms. The summed E-state index contributed by atoms with van der Waals surface area (Å²) in [4.78, 5) is 23.0. The molecule has 1 saturated heterocycles. The minimum Gasteiger partial charge on any atom is -0.396 e. The highest BCUT2D eigenvalue weighted by atomic mass is 32.1. The van der Waals surface area contributed by atoms with Crippen molar-refractivity contribution in [3.05, 3.63) is 29.8 Å². The summed E-state index contributed by atoms with van der Waals surface area (Å²) in [6.07, 6.45) is 4.47. The van der Waals surface area contributed by atoms with E-state index < -0.39 is 0 Å². The van der Waals surface area contributed by atoms with E-state index in [2.05, 4.69) is 22.2 Å². The summed E-state index contributed by atoms with van der Waals surface area (Å²) in [5.74, 6) is 0.544. The van der Waals surface area contributed by atoms with Crippen LogP contribution in [0.5, 0.6) is 0 Å². The summed E-state index contributed by atoms with van der Waals surface area (Å²) in [5, 5.41) is 15.2. The molecular weight excluding hydrogens is 324 g/mol. The van der Waals surface area contributed by atoms with Gasteiger partial charge in [-0.1, -0.05) is 13.0 Å². The summed E-state index contributed by atoms with van der Waals surface area (Å²) >= 11 is 1.45. The molecule has 24 heavy (non-hydrogen) atoms. The monoisotopic (exact) mass is 346 g/mol. The lowest BCUT2D eigenvalue weighted by molar-refractivity contribution is 0.0468. The number of hydrogen-bond acceptors (Lipinski definition) is 5. The molecule has 2 amide bonds. The van der Waals surface area contributed by atoms with Gasteiger partial charge in [-0.15, -0.1) is 11.3 Å². The van der Waals surface area contributed by atoms with Gasteiger partial charge in [0.1, 0.15) is 10.8 Å². The smallest absolute Gasteiger partial charge is 0.323 e. The number of rotatable bonds is 4. The molecule has 1 aliphatic heterocycles. The van der Waals surface area contributed by atoms with Crippen LogP contribution in [0, 0.1) is 5.41 Å². The Kier molecular flexibility index (Phi) is 5.11. The van der Waals surface area contributed by atoms with Crippen molar-refractivity contribution >= 4 is 23.2 Å². The molecule has 0 saturated carbocycles. The molecule has 3 rings (SSSR count). The Hall–Kier alpha value is -1.99. The number of hydrogen-bond donors (Lipinski definition) is 2. The van der Waals surface area contributed by atoms with Gasteiger partial charge in [0.25, 0.3) is 0 Å². The number of anilines is 1. The Morgan fingerprint density at radius 2 is 2.38 bits per heavy atom. The first kappa shape index (κ1) is 16.9. The maximum Gasteiger partial charge on any atom is 0.323 e. The van der Waals surface area contributed by atoms with Crippen LogP contribution >= 0.6 is 11.3 Å². The van der Waals surface area contributed by atoms with Crippen molar-refractivity contribution in [1.82, 2.24) is 14.9 Å². The Morgan fingerprint density at radius 3 is 3.08 bits per heavy atom. The summed E-state index contributed by atoms with van der Waals surface area (Å²) in [7, 11) is 0. The first-order valence-electron chi connectivity index (χ1n) is 8.19. The second-order valence-corrected chi connectivity index (χ2v) is 7.08. The van der Waals surface area contributed by atoms with Gasteiger partial charge < -0.3 is 10.0 Å². The Labute approximate surface area is 145 Å². The van der Waals surface area contributed by atoms with Crippen molar-refractivity contribution in [2.24, 2.45) is 5.41 Å². The van der Waals surface area contributed by atoms with Crippen LogP contribution in [0.2, 0.25) is 0 Å². The molecule has 0 aromatic carbocycles. The lowest BCUT2D eigenvalue weighted by atomic mass is 9.78. The molecule has 1 atom stereocenters. The number of aromatic nitrogens is 2. The van der Waals surface area contributed by atoms with Crippen molar-refractivity contribution in [2.75, 3.05) is 25.0 Å². The molecule has 6 nitrogen and oxygen atoms in total. The Bertz CT molecular complexity index is 685. The molecule has 2 N–H and O–H groups in total. The van der Waals surface area contributed by atoms with Gasteiger partial charge in [-0.05, 0) is 31.4 Å². The predicted octanol–water partition coefficient (Wildman–Crippen LogP) is 3.22. The van der Waals surface area contributed by atoms with Gasteiger partial charge in [-0.3, -0.25) is 10.3 Å². The molecular formula is C17H22N4O2S. The van der Waals surface area contributed by atoms with Crippen LogP contribution < -0.4 is 5.32 Å². The third kappa shape index (κ3) is 3.57. The molecule has 0 spiro atoms. The minimum absolute atomic E-state index is 0.119. The van der Waals surface area contributed by atoms with Crippen LogP contribution in [0.25, 0.3) is 10.7 Å². The van der Waals surface area contributed by atoms with Crippen LogP contribution in [-0.4, -0.2) is 45.7 Å². The highest BCUT2D eigenvalue weighted by molar-refractivity contribution is 7.13. The third-order valence-electron chi connectivity index (χ3n) is 4.66. The van der Waals surface area contributed by atoms with Gasteiger partial charge in [-0.25, -0.2) is 9.78 Å². The molecule has 7 heteroatoms. The molecule has 1 aliphatic rings. The van der Waals surface area contributed by atoms with E-state index in [0.717, 1.165) is 30.0 Å². The molecule has 1 fully saturated rings. The average molecular weight is 346 g/mol. The number of pyridine rings is 1. The standard InChI is InChI=1S/C17H22N4O2S/c1-2-17(12-22)7-5-9-21(11-17)16(23)20-14-10-24-15(19-14)13-6-3-4-8-18-13/h3-4,6,8,10,22H,2,5,7,9,11-12H2,1H3,(H,20,23). The molecule has 1 unspecified atom stereocenters. The predicted molar refractivity (Wildman–Crippen MR) is 95.0 cm³/mol. The number of nitrogens with one attached hydrogen (secondary N) is 1. The van der Waals surface area contributed by atoms with E-state index in [1.54, 1.807) is 11.1 Å². The number of aliphatic hydroxyl groups is 1. The van der Waals surface area contributed by atoms with E-state index in [1.165, 1.54) is 11.3 Å². The number of urea groups is 1. The molecule has 0 radical (unpaired) electrons. The van der Waals surface area contributed by atoms with Crippen molar-refractivity contribution in [2.45, 2.75) is 26.2 Å². The molecule has 3 heterocycles. The maximum absolute atomic E-state index is 12.5. The normalized spacial score (nSPS) is 20.8. The van der Waals surface area contributed by atoms with Crippen LogP contribution in [0.3, 0.4) is 0 Å². The SMILES string of the molecule is CCC1(CO)CCCN(C(=O)Nc2csc(-c3ccccn3)n2)C1. The van der Waals surface area contributed by atoms with Gasteiger partial charge in [-0.2, -0.15) is 0 Å². The second-order valence-electron chi connectivity index (χ2n) is 6.22. The van der Waals surface area contributed by atoms with Crippen LogP contribution in [0.1, 0.15) is 26.2 Å². The lowest BCUT2D eigenvalue weighted by Crippen LogP contribution is -2.49. The van der Waals surface area contributed by atoms with Crippen LogP contribution in [0.4, 0.5) is 10.6 Å². The van der Waals surface area contributed by atoms with Gasteiger partial charge in [0.05, 0.1) is 12.3 Å². The first-order chi connectivity index (χ1) is 11.7. The minimum atomic E-state index is -0.170. The Morgan fingerprint density at radius 1 is 1.50 bits per heavy atom.